The van der Waals surface area contributed by atoms with Gasteiger partial charge in [0.15, 0.2) is 0 Å². The summed E-state index contributed by atoms with van der Waals surface area (Å²) in [5.74, 6) is -0.496. The second kappa shape index (κ2) is 4.98. The van der Waals surface area contributed by atoms with E-state index >= 15 is 0 Å². The number of primary amides is 1. The van der Waals surface area contributed by atoms with Crippen LogP contribution in [0.15, 0.2) is 42.5 Å². The number of hydrogen-bond acceptors (Lipinski definition) is 3. The lowest BCUT2D eigenvalue weighted by molar-refractivity contribution is 0.100. The molecule has 92 valence electrons. The van der Waals surface area contributed by atoms with Crippen LogP contribution in [-0.2, 0) is 0 Å². The van der Waals surface area contributed by atoms with Crippen molar-refractivity contribution in [3.8, 4) is 0 Å². The first-order chi connectivity index (χ1) is 8.56. The lowest BCUT2D eigenvalue weighted by Crippen LogP contribution is -2.11. The van der Waals surface area contributed by atoms with Crippen molar-refractivity contribution < 1.29 is 4.79 Å². The van der Waals surface area contributed by atoms with Gasteiger partial charge in [-0.25, -0.2) is 0 Å². The molecule has 5 N–H and O–H groups in total. The third kappa shape index (κ3) is 2.73. The van der Waals surface area contributed by atoms with Gasteiger partial charge >= 0.3 is 0 Å². The molecule has 0 aromatic heterocycles. The van der Waals surface area contributed by atoms with Gasteiger partial charge in [0.25, 0.3) is 0 Å². The van der Waals surface area contributed by atoms with Crippen LogP contribution in [0.5, 0.6) is 0 Å². The normalized spacial score (nSPS) is 10.1. The summed E-state index contributed by atoms with van der Waals surface area (Å²) in [5, 5.41) is 3.71. The molecule has 2 rings (SSSR count). The highest BCUT2D eigenvalue weighted by atomic mass is 35.5. The standard InChI is InChI=1S/C13H12ClN3O/c14-9-2-1-3-10(7-9)17-12-6-8(13(16)18)4-5-11(12)15/h1-7,17H,15H2,(H2,16,18). The van der Waals surface area contributed by atoms with Gasteiger partial charge in [-0.1, -0.05) is 17.7 Å². The molecule has 2 aromatic carbocycles. The Balaban J connectivity index is 2.33. The van der Waals surface area contributed by atoms with Gasteiger partial charge < -0.3 is 16.8 Å². The molecule has 0 atom stereocenters. The van der Waals surface area contributed by atoms with Crippen LogP contribution in [0.25, 0.3) is 0 Å². The zero-order chi connectivity index (χ0) is 13.1. The molecule has 0 saturated heterocycles. The molecule has 0 saturated carbocycles. The minimum Gasteiger partial charge on any atom is -0.397 e. The Kier molecular flexibility index (Phi) is 3.39. The fraction of sp³-hybridized carbons (Fsp3) is 0. The number of benzene rings is 2. The molecule has 4 nitrogen and oxygen atoms in total. The number of amides is 1. The number of hydrogen-bond donors (Lipinski definition) is 3. The Bertz CT molecular complexity index is 599. The van der Waals surface area contributed by atoms with Crippen molar-refractivity contribution in [1.82, 2.24) is 0 Å². The Hall–Kier alpha value is -2.20. The predicted octanol–water partition coefficient (Wildman–Crippen LogP) is 2.76. The van der Waals surface area contributed by atoms with E-state index < -0.39 is 5.91 Å². The quantitative estimate of drug-likeness (QED) is 0.743. The van der Waals surface area contributed by atoms with Crippen molar-refractivity contribution in [3.63, 3.8) is 0 Å². The van der Waals surface area contributed by atoms with Crippen molar-refractivity contribution in [3.05, 3.63) is 53.1 Å². The average Bonchev–Trinajstić information content (AvgIpc) is 2.31. The number of nitrogens with two attached hydrogens (primary N) is 2. The van der Waals surface area contributed by atoms with Crippen LogP contribution in [0.3, 0.4) is 0 Å². The van der Waals surface area contributed by atoms with E-state index in [-0.39, 0.29) is 0 Å². The zero-order valence-corrected chi connectivity index (χ0v) is 10.2. The molecule has 0 unspecified atom stereocenters. The maximum absolute atomic E-state index is 11.1. The summed E-state index contributed by atoms with van der Waals surface area (Å²) in [6, 6.07) is 12.0. The molecule has 0 spiro atoms. The third-order valence-electron chi connectivity index (χ3n) is 2.44. The second-order valence-corrected chi connectivity index (χ2v) is 4.24. The fourth-order valence-corrected chi connectivity index (χ4v) is 1.73. The molecular formula is C13H12ClN3O. The number of rotatable bonds is 3. The van der Waals surface area contributed by atoms with Crippen LogP contribution >= 0.6 is 11.6 Å². The first kappa shape index (κ1) is 12.3. The summed E-state index contributed by atoms with van der Waals surface area (Å²) in [6.45, 7) is 0. The molecule has 18 heavy (non-hydrogen) atoms. The molecule has 1 amide bonds. The van der Waals surface area contributed by atoms with Crippen molar-refractivity contribution >= 4 is 34.6 Å². The number of anilines is 3. The molecule has 0 fully saturated rings. The average molecular weight is 262 g/mol. The molecule has 0 aliphatic heterocycles. The van der Waals surface area contributed by atoms with E-state index in [2.05, 4.69) is 5.32 Å². The molecule has 0 radical (unpaired) electrons. The molecule has 2 aromatic rings. The first-order valence-electron chi connectivity index (χ1n) is 5.28. The molecule has 0 heterocycles. The van der Waals surface area contributed by atoms with Gasteiger partial charge in [-0.3, -0.25) is 4.79 Å². The Morgan fingerprint density at radius 2 is 1.94 bits per heavy atom. The summed E-state index contributed by atoms with van der Waals surface area (Å²) < 4.78 is 0. The highest BCUT2D eigenvalue weighted by Crippen LogP contribution is 2.25. The highest BCUT2D eigenvalue weighted by molar-refractivity contribution is 6.30. The van der Waals surface area contributed by atoms with Crippen LogP contribution in [0.2, 0.25) is 5.02 Å². The van der Waals surface area contributed by atoms with E-state index in [0.29, 0.717) is 22.0 Å². The SMILES string of the molecule is NC(=O)c1ccc(N)c(Nc2cccc(Cl)c2)c1. The smallest absolute Gasteiger partial charge is 0.248 e. The summed E-state index contributed by atoms with van der Waals surface area (Å²) >= 11 is 5.89. The van der Waals surface area contributed by atoms with Crippen LogP contribution < -0.4 is 16.8 Å². The lowest BCUT2D eigenvalue weighted by Gasteiger charge is -2.10. The van der Waals surface area contributed by atoms with E-state index in [1.54, 1.807) is 30.3 Å². The van der Waals surface area contributed by atoms with Crippen LogP contribution in [-0.4, -0.2) is 5.91 Å². The molecule has 0 aliphatic carbocycles. The Morgan fingerprint density at radius 3 is 2.61 bits per heavy atom. The van der Waals surface area contributed by atoms with Crippen LogP contribution in [0.4, 0.5) is 17.1 Å². The van der Waals surface area contributed by atoms with E-state index in [9.17, 15) is 4.79 Å². The van der Waals surface area contributed by atoms with Gasteiger partial charge in [-0.15, -0.1) is 0 Å². The van der Waals surface area contributed by atoms with Gasteiger partial charge in [-0.05, 0) is 36.4 Å². The molecular weight excluding hydrogens is 250 g/mol. The summed E-state index contributed by atoms with van der Waals surface area (Å²) in [7, 11) is 0. The topological polar surface area (TPSA) is 81.1 Å². The van der Waals surface area contributed by atoms with Gasteiger partial charge in [0.1, 0.15) is 0 Å². The molecule has 0 bridgehead atoms. The predicted molar refractivity (Wildman–Crippen MR) is 74.1 cm³/mol. The maximum Gasteiger partial charge on any atom is 0.248 e. The van der Waals surface area contributed by atoms with Gasteiger partial charge in [0.05, 0.1) is 11.4 Å². The number of nitrogens with one attached hydrogen (secondary N) is 1. The first-order valence-corrected chi connectivity index (χ1v) is 5.66. The summed E-state index contributed by atoms with van der Waals surface area (Å²) in [6.07, 6.45) is 0. The van der Waals surface area contributed by atoms with Crippen molar-refractivity contribution in [1.29, 1.82) is 0 Å². The number of halogens is 1. The molecule has 0 aliphatic rings. The fourth-order valence-electron chi connectivity index (χ4n) is 1.54. The summed E-state index contributed by atoms with van der Waals surface area (Å²) in [4.78, 5) is 11.1. The van der Waals surface area contributed by atoms with Gasteiger partial charge in [-0.2, -0.15) is 0 Å². The van der Waals surface area contributed by atoms with Crippen molar-refractivity contribution in [2.75, 3.05) is 11.1 Å². The number of nitrogen functional groups attached to an aromatic ring is 1. The van der Waals surface area contributed by atoms with E-state index in [1.165, 1.54) is 0 Å². The number of carbonyl (C=O) groups is 1. The maximum atomic E-state index is 11.1. The van der Waals surface area contributed by atoms with Crippen molar-refractivity contribution in [2.24, 2.45) is 5.73 Å². The van der Waals surface area contributed by atoms with E-state index in [4.69, 9.17) is 23.1 Å². The van der Waals surface area contributed by atoms with Crippen molar-refractivity contribution in [2.45, 2.75) is 0 Å². The minimum atomic E-state index is -0.496. The minimum absolute atomic E-state index is 0.397. The Morgan fingerprint density at radius 1 is 1.17 bits per heavy atom. The number of carbonyl (C=O) groups excluding carboxylic acids is 1. The Labute approximate surface area is 110 Å². The van der Waals surface area contributed by atoms with Crippen LogP contribution in [0, 0.1) is 0 Å². The highest BCUT2D eigenvalue weighted by Gasteiger charge is 2.05. The second-order valence-electron chi connectivity index (χ2n) is 3.80. The van der Waals surface area contributed by atoms with Gasteiger partial charge in [0, 0.05) is 16.3 Å². The van der Waals surface area contributed by atoms with E-state index in [0.717, 1.165) is 5.69 Å². The monoisotopic (exact) mass is 261 g/mol. The van der Waals surface area contributed by atoms with Crippen LogP contribution in [0.1, 0.15) is 10.4 Å². The largest absolute Gasteiger partial charge is 0.397 e. The van der Waals surface area contributed by atoms with E-state index in [1.807, 2.05) is 12.1 Å². The lowest BCUT2D eigenvalue weighted by atomic mass is 10.1. The zero-order valence-electron chi connectivity index (χ0n) is 9.48. The van der Waals surface area contributed by atoms with Gasteiger partial charge in [0.2, 0.25) is 5.91 Å². The summed E-state index contributed by atoms with van der Waals surface area (Å²) in [5.41, 5.74) is 13.4. The third-order valence-corrected chi connectivity index (χ3v) is 2.68. The molecule has 5 heteroatoms.